The van der Waals surface area contributed by atoms with Crippen LogP contribution in [0.2, 0.25) is 5.02 Å². The molecule has 0 bridgehead atoms. The van der Waals surface area contributed by atoms with Gasteiger partial charge in [0.2, 0.25) is 0 Å². The number of pyridine rings is 1. The number of anilines is 1. The third kappa shape index (κ3) is 6.11. The Hall–Kier alpha value is -2.29. The number of nitrogens with zero attached hydrogens (tertiary/aromatic N) is 2. The molecular formula is C26H27BrClN3O3S. The van der Waals surface area contributed by atoms with Crippen LogP contribution in [0.15, 0.2) is 46.9 Å². The number of rotatable bonds is 8. The first-order chi connectivity index (χ1) is 16.8. The van der Waals surface area contributed by atoms with E-state index in [1.54, 1.807) is 6.07 Å². The summed E-state index contributed by atoms with van der Waals surface area (Å²) in [6.07, 6.45) is 0.366. The fourth-order valence-corrected chi connectivity index (χ4v) is 6.02. The fraction of sp³-hybridized carbons (Fsp3) is 0.346. The minimum atomic E-state index is -0.876. The number of hydrogen-bond acceptors (Lipinski definition) is 5. The minimum absolute atomic E-state index is 0.00690. The molecule has 1 aromatic heterocycles. The quantitative estimate of drug-likeness (QED) is 0.348. The van der Waals surface area contributed by atoms with Crippen LogP contribution >= 0.6 is 39.3 Å². The number of aromatic nitrogens is 1. The van der Waals surface area contributed by atoms with Gasteiger partial charge in [0.05, 0.1) is 11.1 Å². The van der Waals surface area contributed by atoms with Gasteiger partial charge in [-0.15, -0.1) is 0 Å². The van der Waals surface area contributed by atoms with Gasteiger partial charge >= 0.3 is 5.97 Å². The number of aliphatic carboxylic acids is 1. The van der Waals surface area contributed by atoms with E-state index in [-0.39, 0.29) is 24.8 Å². The summed E-state index contributed by atoms with van der Waals surface area (Å²) in [6.45, 7) is 4.02. The summed E-state index contributed by atoms with van der Waals surface area (Å²) < 4.78 is 0.873. The van der Waals surface area contributed by atoms with Gasteiger partial charge in [-0.2, -0.15) is 11.8 Å². The number of benzene rings is 2. The smallest absolute Gasteiger partial charge is 0.303 e. The highest BCUT2D eigenvalue weighted by atomic mass is 79.9. The van der Waals surface area contributed by atoms with Crippen LogP contribution < -0.4 is 10.2 Å². The van der Waals surface area contributed by atoms with Gasteiger partial charge in [-0.05, 0) is 43.2 Å². The average molecular weight is 577 g/mol. The summed E-state index contributed by atoms with van der Waals surface area (Å²) in [5.74, 6) is 1.61. The molecule has 2 heterocycles. The summed E-state index contributed by atoms with van der Waals surface area (Å²) >= 11 is 11.9. The molecule has 1 aliphatic heterocycles. The zero-order chi connectivity index (χ0) is 24.9. The summed E-state index contributed by atoms with van der Waals surface area (Å²) in [4.78, 5) is 32.1. The minimum Gasteiger partial charge on any atom is -0.481 e. The zero-order valence-corrected chi connectivity index (χ0v) is 22.5. The summed E-state index contributed by atoms with van der Waals surface area (Å²) in [7, 11) is 0. The third-order valence-electron chi connectivity index (χ3n) is 6.26. The number of carboxylic acids is 1. The molecule has 35 heavy (non-hydrogen) atoms. The van der Waals surface area contributed by atoms with Gasteiger partial charge in [0.15, 0.2) is 0 Å². The lowest BCUT2D eigenvalue weighted by Crippen LogP contribution is -2.35. The Morgan fingerprint density at radius 3 is 2.69 bits per heavy atom. The van der Waals surface area contributed by atoms with Crippen molar-refractivity contribution in [3.05, 3.63) is 68.7 Å². The molecule has 6 nitrogen and oxygen atoms in total. The first kappa shape index (κ1) is 25.8. The van der Waals surface area contributed by atoms with Gasteiger partial charge in [0.1, 0.15) is 5.82 Å². The molecule has 184 valence electrons. The Morgan fingerprint density at radius 2 is 1.97 bits per heavy atom. The number of thioether (sulfide) groups is 1. The predicted molar refractivity (Wildman–Crippen MR) is 147 cm³/mol. The lowest BCUT2D eigenvalue weighted by molar-refractivity contribution is -0.137. The summed E-state index contributed by atoms with van der Waals surface area (Å²) in [5, 5.41) is 13.7. The second kappa shape index (κ2) is 11.6. The van der Waals surface area contributed by atoms with Crippen molar-refractivity contribution in [3.8, 4) is 0 Å². The number of nitrogens with one attached hydrogen (secondary N) is 1. The number of carbonyl (C=O) groups excluding carboxylic acids is 1. The highest BCUT2D eigenvalue weighted by molar-refractivity contribution is 9.10. The van der Waals surface area contributed by atoms with Crippen molar-refractivity contribution in [3.63, 3.8) is 0 Å². The van der Waals surface area contributed by atoms with E-state index in [2.05, 4.69) is 26.1 Å². The molecule has 3 aromatic rings. The third-order valence-corrected chi connectivity index (χ3v) is 8.04. The van der Waals surface area contributed by atoms with E-state index in [1.807, 2.05) is 55.1 Å². The van der Waals surface area contributed by atoms with E-state index in [4.69, 9.17) is 16.6 Å². The Balaban J connectivity index is 1.67. The van der Waals surface area contributed by atoms with Crippen LogP contribution in [0.1, 0.15) is 40.2 Å². The van der Waals surface area contributed by atoms with E-state index in [1.165, 1.54) is 0 Å². The van der Waals surface area contributed by atoms with E-state index in [0.717, 1.165) is 56.9 Å². The van der Waals surface area contributed by atoms with Gasteiger partial charge in [-0.25, -0.2) is 4.98 Å². The van der Waals surface area contributed by atoms with E-state index >= 15 is 0 Å². The molecule has 0 spiro atoms. The molecule has 1 atom stereocenters. The highest BCUT2D eigenvalue weighted by Crippen LogP contribution is 2.32. The van der Waals surface area contributed by atoms with Crippen molar-refractivity contribution >= 4 is 67.9 Å². The lowest BCUT2D eigenvalue weighted by Gasteiger charge is -2.30. The van der Waals surface area contributed by atoms with Crippen LogP contribution in [0.5, 0.6) is 0 Å². The van der Waals surface area contributed by atoms with Crippen molar-refractivity contribution < 1.29 is 14.7 Å². The normalized spacial score (nSPS) is 14.7. The average Bonchev–Trinajstić information content (AvgIpc) is 2.84. The Kier molecular flexibility index (Phi) is 8.57. The largest absolute Gasteiger partial charge is 0.481 e. The van der Waals surface area contributed by atoms with Gasteiger partial charge in [0, 0.05) is 63.9 Å². The highest BCUT2D eigenvalue weighted by Gasteiger charge is 2.24. The van der Waals surface area contributed by atoms with Gasteiger partial charge in [-0.3, -0.25) is 9.59 Å². The first-order valence-corrected chi connectivity index (χ1v) is 13.8. The van der Waals surface area contributed by atoms with Crippen molar-refractivity contribution in [2.45, 2.75) is 25.7 Å². The van der Waals surface area contributed by atoms with Gasteiger partial charge in [0.25, 0.3) is 5.91 Å². The standard InChI is InChI=1S/C26H27BrClN3O3S/c1-16-24(20-14-18(27)7-8-22(20)30-25(16)31-10-12-35-13-11-31)26(34)29-15-17(6-9-23(32)33)19-4-2-3-5-21(19)28/h2-5,7-8,14,17H,6,9-13,15H2,1H3,(H,29,34)(H,32,33)/t17-/m0/s1. The maximum Gasteiger partial charge on any atom is 0.303 e. The molecule has 9 heteroatoms. The number of hydrogen-bond donors (Lipinski definition) is 2. The summed E-state index contributed by atoms with van der Waals surface area (Å²) in [6, 6.07) is 13.2. The molecule has 0 aliphatic carbocycles. The monoisotopic (exact) mass is 575 g/mol. The Morgan fingerprint density at radius 1 is 1.23 bits per heavy atom. The molecule has 0 radical (unpaired) electrons. The van der Waals surface area contributed by atoms with Crippen molar-refractivity contribution in [1.29, 1.82) is 0 Å². The van der Waals surface area contributed by atoms with Crippen LogP contribution in [-0.2, 0) is 4.79 Å². The van der Waals surface area contributed by atoms with Crippen LogP contribution in [0, 0.1) is 6.92 Å². The first-order valence-electron chi connectivity index (χ1n) is 11.5. The molecule has 1 aliphatic rings. The number of amides is 1. The van der Waals surface area contributed by atoms with Crippen LogP contribution in [0.25, 0.3) is 10.9 Å². The van der Waals surface area contributed by atoms with Crippen molar-refractivity contribution in [2.24, 2.45) is 0 Å². The van der Waals surface area contributed by atoms with Crippen molar-refractivity contribution in [1.82, 2.24) is 10.3 Å². The predicted octanol–water partition coefficient (Wildman–Crippen LogP) is 5.89. The molecule has 0 unspecified atom stereocenters. The Bertz CT molecular complexity index is 1250. The molecular weight excluding hydrogens is 550 g/mol. The van der Waals surface area contributed by atoms with Gasteiger partial charge in [-0.1, -0.05) is 45.7 Å². The lowest BCUT2D eigenvalue weighted by atomic mass is 9.93. The van der Waals surface area contributed by atoms with E-state index < -0.39 is 5.97 Å². The van der Waals surface area contributed by atoms with E-state index in [9.17, 15) is 14.7 Å². The van der Waals surface area contributed by atoms with Crippen LogP contribution in [0.4, 0.5) is 5.82 Å². The molecule has 2 N–H and O–H groups in total. The number of carboxylic acid groups (broad SMARTS) is 1. The zero-order valence-electron chi connectivity index (χ0n) is 19.4. The molecule has 0 saturated carbocycles. The fourth-order valence-electron chi connectivity index (χ4n) is 4.47. The topological polar surface area (TPSA) is 82.5 Å². The molecule has 1 amide bonds. The number of carbonyl (C=O) groups is 2. The van der Waals surface area contributed by atoms with Crippen LogP contribution in [0.3, 0.4) is 0 Å². The maximum atomic E-state index is 13.7. The number of halogens is 2. The summed E-state index contributed by atoms with van der Waals surface area (Å²) in [5.41, 5.74) is 3.05. The second-order valence-electron chi connectivity index (χ2n) is 8.56. The second-order valence-corrected chi connectivity index (χ2v) is 11.1. The molecule has 4 rings (SSSR count). The number of fused-ring (bicyclic) bond motifs is 1. The van der Waals surface area contributed by atoms with Gasteiger partial charge < -0.3 is 15.3 Å². The SMILES string of the molecule is Cc1c(N2CCSCC2)nc2ccc(Br)cc2c1C(=O)NC[C@H](CCC(=O)O)c1ccccc1Cl. The molecule has 1 saturated heterocycles. The Labute approximate surface area is 222 Å². The van der Waals surface area contributed by atoms with Crippen LogP contribution in [-0.4, -0.2) is 53.1 Å². The molecule has 2 aromatic carbocycles. The van der Waals surface area contributed by atoms with E-state index in [0.29, 0.717) is 17.0 Å². The van der Waals surface area contributed by atoms with Crippen molar-refractivity contribution in [2.75, 3.05) is 36.0 Å². The maximum absolute atomic E-state index is 13.7. The molecule has 1 fully saturated rings.